The van der Waals surface area contributed by atoms with Crippen molar-refractivity contribution in [2.45, 2.75) is 37.4 Å². The highest BCUT2D eigenvalue weighted by molar-refractivity contribution is 4.96. The predicted octanol–water partition coefficient (Wildman–Crippen LogP) is -0.834. The highest BCUT2D eigenvalue weighted by atomic mass is 16.3. The Labute approximate surface area is 84.9 Å². The molecule has 2 aliphatic heterocycles. The van der Waals surface area contributed by atoms with E-state index in [1.165, 1.54) is 25.9 Å². The van der Waals surface area contributed by atoms with E-state index in [0.717, 1.165) is 6.42 Å². The molecule has 0 aliphatic carbocycles. The molecule has 82 valence electrons. The molecule has 0 bridgehead atoms. The van der Waals surface area contributed by atoms with Gasteiger partial charge in [-0.15, -0.1) is 0 Å². The van der Waals surface area contributed by atoms with Crippen molar-refractivity contribution in [3.05, 3.63) is 0 Å². The molecule has 4 nitrogen and oxygen atoms in total. The number of aliphatic hydroxyl groups is 2. The van der Waals surface area contributed by atoms with Crippen LogP contribution in [0.1, 0.15) is 19.3 Å². The van der Waals surface area contributed by atoms with Crippen LogP contribution in [0.5, 0.6) is 0 Å². The van der Waals surface area contributed by atoms with E-state index in [2.05, 4.69) is 10.2 Å². The smallest absolute Gasteiger partial charge is 0.0607 e. The molecule has 2 heterocycles. The molecule has 4 heteroatoms. The SMILES string of the molecule is OCC(CO)NC1CCN2CCCC12. The third-order valence-corrected chi connectivity index (χ3v) is 3.50. The Bertz CT molecular complexity index is 185. The van der Waals surface area contributed by atoms with Gasteiger partial charge in [-0.2, -0.15) is 0 Å². The molecule has 0 radical (unpaired) electrons. The number of hydrogen-bond acceptors (Lipinski definition) is 4. The Kier molecular flexibility index (Phi) is 3.38. The third kappa shape index (κ3) is 1.93. The summed E-state index contributed by atoms with van der Waals surface area (Å²) in [6, 6.07) is 0.984. The Balaban J connectivity index is 1.86. The van der Waals surface area contributed by atoms with Gasteiger partial charge in [0, 0.05) is 18.6 Å². The lowest BCUT2D eigenvalue weighted by atomic mass is 10.1. The summed E-state index contributed by atoms with van der Waals surface area (Å²) in [6.45, 7) is 2.46. The van der Waals surface area contributed by atoms with Crippen LogP contribution in [0.25, 0.3) is 0 Å². The maximum atomic E-state index is 8.99. The van der Waals surface area contributed by atoms with Gasteiger partial charge in [-0.3, -0.25) is 4.90 Å². The minimum atomic E-state index is -0.138. The van der Waals surface area contributed by atoms with Gasteiger partial charge in [0.05, 0.1) is 19.3 Å². The van der Waals surface area contributed by atoms with E-state index in [9.17, 15) is 0 Å². The lowest BCUT2D eigenvalue weighted by Gasteiger charge is -2.24. The van der Waals surface area contributed by atoms with Crippen molar-refractivity contribution in [1.82, 2.24) is 10.2 Å². The first-order valence-corrected chi connectivity index (χ1v) is 5.57. The van der Waals surface area contributed by atoms with Crippen LogP contribution in [0, 0.1) is 0 Å². The van der Waals surface area contributed by atoms with E-state index in [-0.39, 0.29) is 19.3 Å². The number of hydrogen-bond donors (Lipinski definition) is 3. The van der Waals surface area contributed by atoms with Gasteiger partial charge in [0.2, 0.25) is 0 Å². The van der Waals surface area contributed by atoms with Crippen molar-refractivity contribution in [2.24, 2.45) is 0 Å². The monoisotopic (exact) mass is 200 g/mol. The molecule has 0 spiro atoms. The molecular weight excluding hydrogens is 180 g/mol. The standard InChI is InChI=1S/C10H20N2O2/c13-6-8(7-14)11-9-3-5-12-4-1-2-10(9)12/h8-11,13-14H,1-7H2. The maximum absolute atomic E-state index is 8.99. The van der Waals surface area contributed by atoms with Crippen LogP contribution < -0.4 is 5.32 Å². The zero-order valence-corrected chi connectivity index (χ0v) is 8.52. The number of aliphatic hydroxyl groups excluding tert-OH is 2. The van der Waals surface area contributed by atoms with Crippen LogP contribution >= 0.6 is 0 Å². The molecule has 2 rings (SSSR count). The average molecular weight is 200 g/mol. The van der Waals surface area contributed by atoms with Crippen LogP contribution in [-0.2, 0) is 0 Å². The lowest BCUT2D eigenvalue weighted by molar-refractivity contribution is 0.155. The molecule has 0 saturated carbocycles. The first-order chi connectivity index (χ1) is 6.85. The molecule has 2 aliphatic rings. The fraction of sp³-hybridized carbons (Fsp3) is 1.00. The molecule has 2 saturated heterocycles. The van der Waals surface area contributed by atoms with Crippen molar-refractivity contribution in [3.8, 4) is 0 Å². The molecule has 2 unspecified atom stereocenters. The second kappa shape index (κ2) is 4.57. The predicted molar refractivity (Wildman–Crippen MR) is 54.1 cm³/mol. The highest BCUT2D eigenvalue weighted by Crippen LogP contribution is 2.27. The zero-order chi connectivity index (χ0) is 9.97. The van der Waals surface area contributed by atoms with E-state index in [0.29, 0.717) is 12.1 Å². The average Bonchev–Trinajstić information content (AvgIpc) is 2.77. The van der Waals surface area contributed by atoms with Crippen molar-refractivity contribution >= 4 is 0 Å². The van der Waals surface area contributed by atoms with Crippen LogP contribution in [0.3, 0.4) is 0 Å². The van der Waals surface area contributed by atoms with Gasteiger partial charge in [-0.25, -0.2) is 0 Å². The zero-order valence-electron chi connectivity index (χ0n) is 8.52. The molecule has 0 aromatic carbocycles. The Hall–Kier alpha value is -0.160. The lowest BCUT2D eigenvalue weighted by Crippen LogP contribution is -2.47. The van der Waals surface area contributed by atoms with Gasteiger partial charge in [-0.05, 0) is 25.8 Å². The summed E-state index contributed by atoms with van der Waals surface area (Å²) in [6.07, 6.45) is 3.72. The van der Waals surface area contributed by atoms with Crippen molar-refractivity contribution in [2.75, 3.05) is 26.3 Å². The minimum Gasteiger partial charge on any atom is -0.395 e. The number of nitrogens with zero attached hydrogens (tertiary/aromatic N) is 1. The van der Waals surface area contributed by atoms with Crippen LogP contribution in [0.4, 0.5) is 0 Å². The van der Waals surface area contributed by atoms with Crippen LogP contribution in [-0.4, -0.2) is 59.5 Å². The van der Waals surface area contributed by atoms with Gasteiger partial charge in [0.1, 0.15) is 0 Å². The molecule has 0 amide bonds. The van der Waals surface area contributed by atoms with Gasteiger partial charge in [0.25, 0.3) is 0 Å². The van der Waals surface area contributed by atoms with E-state index in [1.54, 1.807) is 0 Å². The Morgan fingerprint density at radius 2 is 2.00 bits per heavy atom. The van der Waals surface area contributed by atoms with E-state index in [4.69, 9.17) is 10.2 Å². The van der Waals surface area contributed by atoms with Gasteiger partial charge in [0.15, 0.2) is 0 Å². The van der Waals surface area contributed by atoms with E-state index >= 15 is 0 Å². The fourth-order valence-electron chi connectivity index (χ4n) is 2.74. The largest absolute Gasteiger partial charge is 0.395 e. The van der Waals surface area contributed by atoms with Gasteiger partial charge in [-0.1, -0.05) is 0 Å². The third-order valence-electron chi connectivity index (χ3n) is 3.50. The summed E-state index contributed by atoms with van der Waals surface area (Å²) in [7, 11) is 0. The summed E-state index contributed by atoms with van der Waals surface area (Å²) in [5.41, 5.74) is 0. The molecule has 0 aromatic rings. The van der Waals surface area contributed by atoms with Crippen molar-refractivity contribution in [3.63, 3.8) is 0 Å². The maximum Gasteiger partial charge on any atom is 0.0607 e. The molecule has 2 atom stereocenters. The number of nitrogens with one attached hydrogen (secondary N) is 1. The molecule has 2 fully saturated rings. The van der Waals surface area contributed by atoms with Gasteiger partial charge < -0.3 is 15.5 Å². The second-order valence-electron chi connectivity index (χ2n) is 4.37. The van der Waals surface area contributed by atoms with E-state index < -0.39 is 0 Å². The molecule has 14 heavy (non-hydrogen) atoms. The normalized spacial score (nSPS) is 32.8. The Morgan fingerprint density at radius 3 is 2.71 bits per heavy atom. The van der Waals surface area contributed by atoms with Gasteiger partial charge >= 0.3 is 0 Å². The molecule has 0 aromatic heterocycles. The van der Waals surface area contributed by atoms with Crippen LogP contribution in [0.15, 0.2) is 0 Å². The summed E-state index contributed by atoms with van der Waals surface area (Å²) in [5, 5.41) is 21.3. The summed E-state index contributed by atoms with van der Waals surface area (Å²) < 4.78 is 0. The topological polar surface area (TPSA) is 55.7 Å². The first kappa shape index (κ1) is 10.4. The quantitative estimate of drug-likeness (QED) is 0.554. The Morgan fingerprint density at radius 1 is 1.21 bits per heavy atom. The van der Waals surface area contributed by atoms with Crippen molar-refractivity contribution in [1.29, 1.82) is 0 Å². The van der Waals surface area contributed by atoms with E-state index in [1.807, 2.05) is 0 Å². The van der Waals surface area contributed by atoms with Crippen LogP contribution in [0.2, 0.25) is 0 Å². The second-order valence-corrected chi connectivity index (χ2v) is 4.37. The summed E-state index contributed by atoms with van der Waals surface area (Å²) in [5.74, 6) is 0. The minimum absolute atomic E-state index is 0.0275. The summed E-state index contributed by atoms with van der Waals surface area (Å²) >= 11 is 0. The number of fused-ring (bicyclic) bond motifs is 1. The first-order valence-electron chi connectivity index (χ1n) is 5.57. The number of rotatable bonds is 4. The highest BCUT2D eigenvalue weighted by Gasteiger charge is 2.37. The molecule has 3 N–H and O–H groups in total. The fourth-order valence-corrected chi connectivity index (χ4v) is 2.74. The summed E-state index contributed by atoms with van der Waals surface area (Å²) in [4.78, 5) is 2.52. The molecular formula is C10H20N2O2. The van der Waals surface area contributed by atoms with Crippen molar-refractivity contribution < 1.29 is 10.2 Å².